The van der Waals surface area contributed by atoms with Gasteiger partial charge in [-0.15, -0.1) is 0 Å². The first-order chi connectivity index (χ1) is 9.59. The molecule has 5 nitrogen and oxygen atoms in total. The van der Waals surface area contributed by atoms with E-state index in [0.717, 1.165) is 45.4 Å². The van der Waals surface area contributed by atoms with E-state index in [9.17, 15) is 4.79 Å². The molecule has 0 atom stereocenters. The standard InChI is InChI=1S/C15H25NO4/c1-14(10-18-11-14)9-16-13(17)8-12-2-4-15(5-3-12)19-6-7-20-15/h12H,2-11H2,1H3,(H,16,17). The van der Waals surface area contributed by atoms with Gasteiger partial charge in [0.25, 0.3) is 0 Å². The first-order valence-corrected chi connectivity index (χ1v) is 7.72. The highest BCUT2D eigenvalue weighted by Gasteiger charge is 2.40. The van der Waals surface area contributed by atoms with Gasteiger partial charge < -0.3 is 19.5 Å². The van der Waals surface area contributed by atoms with Crippen LogP contribution >= 0.6 is 0 Å². The largest absolute Gasteiger partial charge is 0.380 e. The molecule has 0 aromatic carbocycles. The minimum Gasteiger partial charge on any atom is -0.380 e. The van der Waals surface area contributed by atoms with Gasteiger partial charge in [0.2, 0.25) is 5.91 Å². The van der Waals surface area contributed by atoms with E-state index in [2.05, 4.69) is 12.2 Å². The third kappa shape index (κ3) is 3.15. The average Bonchev–Trinajstić information content (AvgIpc) is 2.86. The maximum absolute atomic E-state index is 12.0. The van der Waals surface area contributed by atoms with E-state index in [-0.39, 0.29) is 17.1 Å². The van der Waals surface area contributed by atoms with Crippen molar-refractivity contribution in [3.05, 3.63) is 0 Å². The van der Waals surface area contributed by atoms with E-state index in [1.54, 1.807) is 0 Å². The van der Waals surface area contributed by atoms with Gasteiger partial charge in [-0.3, -0.25) is 4.79 Å². The molecule has 0 aromatic heterocycles. The number of amides is 1. The topological polar surface area (TPSA) is 56.8 Å². The van der Waals surface area contributed by atoms with E-state index < -0.39 is 0 Å². The first kappa shape index (κ1) is 14.3. The molecule has 20 heavy (non-hydrogen) atoms. The molecule has 1 aliphatic carbocycles. The molecule has 2 heterocycles. The molecule has 114 valence electrons. The number of hydrogen-bond donors (Lipinski definition) is 1. The molecule has 0 radical (unpaired) electrons. The second-order valence-electron chi connectivity index (χ2n) is 6.84. The fourth-order valence-electron chi connectivity index (χ4n) is 3.31. The summed E-state index contributed by atoms with van der Waals surface area (Å²) in [4.78, 5) is 12.0. The molecular formula is C15H25NO4. The monoisotopic (exact) mass is 283 g/mol. The van der Waals surface area contributed by atoms with Gasteiger partial charge in [0, 0.05) is 31.2 Å². The molecule has 3 aliphatic rings. The zero-order valence-electron chi connectivity index (χ0n) is 12.3. The summed E-state index contributed by atoms with van der Waals surface area (Å²) in [5.74, 6) is 0.329. The Morgan fingerprint density at radius 1 is 1.20 bits per heavy atom. The molecular weight excluding hydrogens is 258 g/mol. The maximum atomic E-state index is 12.0. The summed E-state index contributed by atoms with van der Waals surface area (Å²) < 4.78 is 16.6. The zero-order chi connectivity index (χ0) is 14.1. The van der Waals surface area contributed by atoms with Crippen LogP contribution in [0.15, 0.2) is 0 Å². The Hall–Kier alpha value is -0.650. The number of nitrogens with one attached hydrogen (secondary N) is 1. The van der Waals surface area contributed by atoms with Crippen LogP contribution in [0.5, 0.6) is 0 Å². The Kier molecular flexibility index (Phi) is 4.02. The number of carbonyl (C=O) groups is 1. The second-order valence-corrected chi connectivity index (χ2v) is 6.84. The molecule has 1 N–H and O–H groups in total. The second kappa shape index (κ2) is 5.62. The van der Waals surface area contributed by atoms with Gasteiger partial charge in [0.1, 0.15) is 0 Å². The molecule has 3 fully saturated rings. The highest BCUT2D eigenvalue weighted by molar-refractivity contribution is 5.76. The summed E-state index contributed by atoms with van der Waals surface area (Å²) in [6.07, 6.45) is 4.53. The molecule has 5 heteroatoms. The number of ether oxygens (including phenoxy) is 3. The lowest BCUT2D eigenvalue weighted by Gasteiger charge is -2.38. The van der Waals surface area contributed by atoms with Crippen LogP contribution in [0.1, 0.15) is 39.0 Å². The SMILES string of the molecule is CC1(CNC(=O)CC2CCC3(CC2)OCCO3)COC1. The van der Waals surface area contributed by atoms with E-state index >= 15 is 0 Å². The van der Waals surface area contributed by atoms with Gasteiger partial charge in [-0.25, -0.2) is 0 Å². The number of hydrogen-bond acceptors (Lipinski definition) is 4. The predicted octanol–water partition coefficient (Wildman–Crippen LogP) is 1.46. The number of carbonyl (C=O) groups excluding carboxylic acids is 1. The van der Waals surface area contributed by atoms with Crippen LogP contribution in [0, 0.1) is 11.3 Å². The summed E-state index contributed by atoms with van der Waals surface area (Å²) >= 11 is 0. The molecule has 1 saturated carbocycles. The molecule has 2 saturated heterocycles. The Labute approximate surface area is 120 Å². The highest BCUT2D eigenvalue weighted by atomic mass is 16.7. The molecule has 3 rings (SSSR count). The Morgan fingerprint density at radius 2 is 1.85 bits per heavy atom. The lowest BCUT2D eigenvalue weighted by atomic mass is 9.83. The number of rotatable bonds is 4. The van der Waals surface area contributed by atoms with Gasteiger partial charge in [0.15, 0.2) is 5.79 Å². The van der Waals surface area contributed by atoms with E-state index in [4.69, 9.17) is 14.2 Å². The Morgan fingerprint density at radius 3 is 2.40 bits per heavy atom. The van der Waals surface area contributed by atoms with Crippen molar-refractivity contribution in [1.82, 2.24) is 5.32 Å². The van der Waals surface area contributed by atoms with E-state index in [1.807, 2.05) is 0 Å². The lowest BCUT2D eigenvalue weighted by molar-refractivity contribution is -0.183. The van der Waals surface area contributed by atoms with Crippen molar-refractivity contribution >= 4 is 5.91 Å². The van der Waals surface area contributed by atoms with Gasteiger partial charge >= 0.3 is 0 Å². The van der Waals surface area contributed by atoms with Crippen LogP contribution in [0.25, 0.3) is 0 Å². The Balaban J connectivity index is 1.37. The molecule has 2 aliphatic heterocycles. The van der Waals surface area contributed by atoms with E-state index in [1.165, 1.54) is 0 Å². The van der Waals surface area contributed by atoms with Crippen LogP contribution in [0.3, 0.4) is 0 Å². The van der Waals surface area contributed by atoms with Gasteiger partial charge in [-0.2, -0.15) is 0 Å². The molecule has 1 amide bonds. The lowest BCUT2D eigenvalue weighted by Crippen LogP contribution is -2.48. The highest BCUT2D eigenvalue weighted by Crippen LogP contribution is 2.39. The fraction of sp³-hybridized carbons (Fsp3) is 0.933. The molecule has 0 aromatic rings. The average molecular weight is 283 g/mol. The van der Waals surface area contributed by atoms with Gasteiger partial charge in [-0.1, -0.05) is 6.92 Å². The summed E-state index contributed by atoms with van der Waals surface area (Å²) in [7, 11) is 0. The van der Waals surface area contributed by atoms with Crippen molar-refractivity contribution in [2.75, 3.05) is 33.0 Å². The van der Waals surface area contributed by atoms with Crippen molar-refractivity contribution < 1.29 is 19.0 Å². The Bertz CT molecular complexity index is 351. The smallest absolute Gasteiger partial charge is 0.220 e. The van der Waals surface area contributed by atoms with Crippen molar-refractivity contribution in [2.24, 2.45) is 11.3 Å². The summed E-state index contributed by atoms with van der Waals surface area (Å²) in [5.41, 5.74) is 0.151. The van der Waals surface area contributed by atoms with Gasteiger partial charge in [0.05, 0.1) is 26.4 Å². The fourth-order valence-corrected chi connectivity index (χ4v) is 3.31. The minimum atomic E-state index is -0.316. The molecule has 0 bridgehead atoms. The van der Waals surface area contributed by atoms with Crippen molar-refractivity contribution in [3.63, 3.8) is 0 Å². The summed E-state index contributed by atoms with van der Waals surface area (Å²) in [6.45, 7) is 5.82. The van der Waals surface area contributed by atoms with Crippen LogP contribution in [0.4, 0.5) is 0 Å². The van der Waals surface area contributed by atoms with Crippen LogP contribution in [-0.4, -0.2) is 44.7 Å². The van der Waals surface area contributed by atoms with Crippen molar-refractivity contribution in [2.45, 2.75) is 44.8 Å². The summed E-state index contributed by atoms with van der Waals surface area (Å²) in [6, 6.07) is 0. The zero-order valence-corrected chi connectivity index (χ0v) is 12.3. The molecule has 0 unspecified atom stereocenters. The third-order valence-corrected chi connectivity index (χ3v) is 4.77. The van der Waals surface area contributed by atoms with Crippen LogP contribution < -0.4 is 5.32 Å². The van der Waals surface area contributed by atoms with Crippen LogP contribution in [-0.2, 0) is 19.0 Å². The first-order valence-electron chi connectivity index (χ1n) is 7.72. The van der Waals surface area contributed by atoms with Crippen molar-refractivity contribution in [1.29, 1.82) is 0 Å². The van der Waals surface area contributed by atoms with Gasteiger partial charge in [-0.05, 0) is 18.8 Å². The quantitative estimate of drug-likeness (QED) is 0.848. The summed E-state index contributed by atoms with van der Waals surface area (Å²) in [5, 5.41) is 3.05. The maximum Gasteiger partial charge on any atom is 0.220 e. The molecule has 1 spiro atoms. The normalized spacial score (nSPS) is 28.2. The van der Waals surface area contributed by atoms with E-state index in [0.29, 0.717) is 25.6 Å². The van der Waals surface area contributed by atoms with Crippen LogP contribution in [0.2, 0.25) is 0 Å². The third-order valence-electron chi connectivity index (χ3n) is 4.77. The predicted molar refractivity (Wildman–Crippen MR) is 73.1 cm³/mol. The minimum absolute atomic E-state index is 0.151. The van der Waals surface area contributed by atoms with Crippen molar-refractivity contribution in [3.8, 4) is 0 Å².